The number of nitrogens with zero attached hydrogens (tertiary/aromatic N) is 1. The van der Waals surface area contributed by atoms with E-state index in [9.17, 15) is 13.2 Å². The zero-order chi connectivity index (χ0) is 19.2. The highest BCUT2D eigenvalue weighted by molar-refractivity contribution is 7.92. The lowest BCUT2D eigenvalue weighted by molar-refractivity contribution is -0.120. The Balaban J connectivity index is 2.47. The lowest BCUT2D eigenvalue weighted by atomic mass is 10.2. The van der Waals surface area contributed by atoms with Crippen LogP contribution in [0.4, 0.5) is 5.69 Å². The summed E-state index contributed by atoms with van der Waals surface area (Å²) in [6.07, 6.45) is 0.756. The summed E-state index contributed by atoms with van der Waals surface area (Å²) in [5.41, 5.74) is 0.318. The Bertz CT molecular complexity index is 838. The smallest absolute Gasteiger partial charge is 0.264 e. The molecule has 0 saturated carbocycles. The van der Waals surface area contributed by atoms with Crippen molar-refractivity contribution in [3.63, 3.8) is 0 Å². The lowest BCUT2D eigenvalue weighted by Crippen LogP contribution is -2.43. The number of carbonyl (C=O) groups excluding carboxylic acids is 1. The number of hydrogen-bond donors (Lipinski definition) is 1. The van der Waals surface area contributed by atoms with Crippen molar-refractivity contribution in [2.75, 3.05) is 18.0 Å². The first-order valence-corrected chi connectivity index (χ1v) is 9.84. The number of hydrogen-bond acceptors (Lipinski definition) is 4. The molecule has 1 N–H and O–H groups in total. The molecule has 0 aliphatic carbocycles. The van der Waals surface area contributed by atoms with Crippen LogP contribution in [0.3, 0.4) is 0 Å². The lowest BCUT2D eigenvalue weighted by Gasteiger charge is -2.26. The average Bonchev–Trinajstić information content (AvgIpc) is 2.66. The zero-order valence-electron chi connectivity index (χ0n) is 15.2. The number of ether oxygens (including phenoxy) is 1. The summed E-state index contributed by atoms with van der Waals surface area (Å²) in [5, 5.41) is 2.80. The Morgan fingerprint density at radius 2 is 1.73 bits per heavy atom. The van der Waals surface area contributed by atoms with Crippen LogP contribution in [0.15, 0.2) is 59.5 Å². The van der Waals surface area contributed by atoms with E-state index in [0.717, 1.165) is 10.7 Å². The van der Waals surface area contributed by atoms with Gasteiger partial charge in [0.05, 0.1) is 17.7 Å². The molecule has 26 heavy (non-hydrogen) atoms. The number of methoxy groups -OCH3 is 1. The molecule has 2 aromatic carbocycles. The van der Waals surface area contributed by atoms with Crippen LogP contribution in [0.2, 0.25) is 0 Å². The Hall–Kier alpha value is -2.54. The van der Waals surface area contributed by atoms with Gasteiger partial charge in [-0.05, 0) is 37.6 Å². The van der Waals surface area contributed by atoms with E-state index in [1.54, 1.807) is 42.5 Å². The SMILES string of the molecule is CC[C@@H](C)NC(=O)CN(c1ccccc1OC)S(=O)(=O)c1ccccc1. The van der Waals surface area contributed by atoms with E-state index >= 15 is 0 Å². The van der Waals surface area contributed by atoms with Gasteiger partial charge in [0.1, 0.15) is 12.3 Å². The van der Waals surface area contributed by atoms with Gasteiger partial charge in [-0.3, -0.25) is 9.10 Å². The monoisotopic (exact) mass is 376 g/mol. The summed E-state index contributed by atoms with van der Waals surface area (Å²) < 4.78 is 32.7. The molecule has 0 heterocycles. The number of amides is 1. The van der Waals surface area contributed by atoms with E-state index in [2.05, 4.69) is 5.32 Å². The number of anilines is 1. The van der Waals surface area contributed by atoms with Crippen molar-refractivity contribution in [1.29, 1.82) is 0 Å². The van der Waals surface area contributed by atoms with E-state index < -0.39 is 10.0 Å². The first kappa shape index (κ1) is 19.8. The minimum Gasteiger partial charge on any atom is -0.495 e. The Kier molecular flexibility index (Phi) is 6.63. The van der Waals surface area contributed by atoms with Gasteiger partial charge >= 0.3 is 0 Å². The van der Waals surface area contributed by atoms with Gasteiger partial charge in [0.15, 0.2) is 0 Å². The van der Waals surface area contributed by atoms with Crippen molar-refractivity contribution < 1.29 is 17.9 Å². The fraction of sp³-hybridized carbons (Fsp3) is 0.316. The third kappa shape index (κ3) is 4.54. The van der Waals surface area contributed by atoms with E-state index in [1.165, 1.54) is 19.2 Å². The maximum absolute atomic E-state index is 13.2. The summed E-state index contributed by atoms with van der Waals surface area (Å²) in [6.45, 7) is 3.49. The van der Waals surface area contributed by atoms with E-state index in [1.807, 2.05) is 13.8 Å². The maximum atomic E-state index is 13.2. The molecule has 0 fully saturated rings. The van der Waals surface area contributed by atoms with Gasteiger partial charge in [0, 0.05) is 6.04 Å². The molecule has 2 rings (SSSR count). The highest BCUT2D eigenvalue weighted by Crippen LogP contribution is 2.31. The van der Waals surface area contributed by atoms with Crippen LogP contribution in [0, 0.1) is 0 Å². The molecule has 0 spiro atoms. The van der Waals surface area contributed by atoms with Crippen LogP contribution in [-0.4, -0.2) is 34.0 Å². The fourth-order valence-electron chi connectivity index (χ4n) is 2.41. The van der Waals surface area contributed by atoms with Crippen LogP contribution < -0.4 is 14.4 Å². The Morgan fingerprint density at radius 1 is 1.12 bits per heavy atom. The van der Waals surface area contributed by atoms with Crippen LogP contribution >= 0.6 is 0 Å². The van der Waals surface area contributed by atoms with Crippen LogP contribution in [0.1, 0.15) is 20.3 Å². The fourth-order valence-corrected chi connectivity index (χ4v) is 3.86. The number of para-hydroxylation sites is 2. The zero-order valence-corrected chi connectivity index (χ0v) is 16.0. The second kappa shape index (κ2) is 8.71. The Morgan fingerprint density at radius 3 is 2.35 bits per heavy atom. The molecule has 0 aliphatic rings. The highest BCUT2D eigenvalue weighted by atomic mass is 32.2. The number of benzene rings is 2. The van der Waals surface area contributed by atoms with E-state index in [-0.39, 0.29) is 23.4 Å². The third-order valence-electron chi connectivity index (χ3n) is 3.99. The molecule has 2 aromatic rings. The van der Waals surface area contributed by atoms with E-state index in [4.69, 9.17) is 4.74 Å². The van der Waals surface area contributed by atoms with Crippen molar-refractivity contribution in [3.8, 4) is 5.75 Å². The Labute approximate surface area is 154 Å². The topological polar surface area (TPSA) is 75.7 Å². The van der Waals surface area contributed by atoms with E-state index in [0.29, 0.717) is 11.4 Å². The van der Waals surface area contributed by atoms with Gasteiger partial charge in [0.25, 0.3) is 10.0 Å². The molecular formula is C19H24N2O4S. The van der Waals surface area contributed by atoms with Gasteiger partial charge in [-0.1, -0.05) is 37.3 Å². The number of sulfonamides is 1. The first-order valence-electron chi connectivity index (χ1n) is 8.40. The minimum atomic E-state index is -3.93. The van der Waals surface area contributed by atoms with Crippen molar-refractivity contribution in [2.45, 2.75) is 31.2 Å². The largest absolute Gasteiger partial charge is 0.495 e. The minimum absolute atomic E-state index is 0.0403. The molecule has 1 atom stereocenters. The molecular weight excluding hydrogens is 352 g/mol. The molecule has 140 valence electrons. The number of carbonyl (C=O) groups is 1. The van der Waals surface area contributed by atoms with Crippen molar-refractivity contribution in [3.05, 3.63) is 54.6 Å². The van der Waals surface area contributed by atoms with Gasteiger partial charge in [0.2, 0.25) is 5.91 Å². The summed E-state index contributed by atoms with van der Waals surface area (Å²) in [7, 11) is -2.47. The number of nitrogens with one attached hydrogen (secondary N) is 1. The van der Waals surface area contributed by atoms with Crippen LogP contribution in [0.25, 0.3) is 0 Å². The van der Waals surface area contributed by atoms with Gasteiger partial charge in [-0.25, -0.2) is 8.42 Å². The maximum Gasteiger partial charge on any atom is 0.264 e. The van der Waals surface area contributed by atoms with Crippen molar-refractivity contribution in [1.82, 2.24) is 5.32 Å². The van der Waals surface area contributed by atoms with Crippen molar-refractivity contribution in [2.24, 2.45) is 0 Å². The quantitative estimate of drug-likeness (QED) is 0.769. The second-order valence-electron chi connectivity index (χ2n) is 5.87. The van der Waals surface area contributed by atoms with Crippen molar-refractivity contribution >= 4 is 21.6 Å². The molecule has 0 saturated heterocycles. The molecule has 0 radical (unpaired) electrons. The molecule has 0 unspecified atom stereocenters. The standard InChI is InChI=1S/C19H24N2O4S/c1-4-15(2)20-19(22)14-21(17-12-8-9-13-18(17)25-3)26(23,24)16-10-6-5-7-11-16/h5-13,15H,4,14H2,1-3H3,(H,20,22)/t15-/m1/s1. The first-order chi connectivity index (χ1) is 12.4. The number of rotatable bonds is 8. The molecule has 0 aliphatic heterocycles. The molecule has 0 bridgehead atoms. The highest BCUT2D eigenvalue weighted by Gasteiger charge is 2.29. The molecule has 7 heteroatoms. The predicted octanol–water partition coefficient (Wildman–Crippen LogP) is 2.81. The summed E-state index contributed by atoms with van der Waals surface area (Å²) in [4.78, 5) is 12.5. The van der Waals surface area contributed by atoms with Crippen LogP contribution in [0.5, 0.6) is 5.75 Å². The summed E-state index contributed by atoms with van der Waals surface area (Å²) in [6, 6.07) is 14.7. The van der Waals surface area contributed by atoms with Gasteiger partial charge < -0.3 is 10.1 Å². The molecule has 1 amide bonds. The normalized spacial score (nSPS) is 12.3. The molecule has 6 nitrogen and oxygen atoms in total. The van der Waals surface area contributed by atoms with Gasteiger partial charge in [-0.2, -0.15) is 0 Å². The van der Waals surface area contributed by atoms with Crippen LogP contribution in [-0.2, 0) is 14.8 Å². The third-order valence-corrected chi connectivity index (χ3v) is 5.77. The summed E-state index contributed by atoms with van der Waals surface area (Å²) in [5.74, 6) is 0.00751. The molecule has 0 aromatic heterocycles. The van der Waals surface area contributed by atoms with Gasteiger partial charge in [-0.15, -0.1) is 0 Å². The summed E-state index contributed by atoms with van der Waals surface area (Å²) >= 11 is 0. The predicted molar refractivity (Wildman–Crippen MR) is 102 cm³/mol. The second-order valence-corrected chi connectivity index (χ2v) is 7.74. The average molecular weight is 376 g/mol.